The number of aldehydes is 1. The maximum atomic E-state index is 10.6. The van der Waals surface area contributed by atoms with Crippen LogP contribution in [-0.4, -0.2) is 70.4 Å². The first kappa shape index (κ1) is 15.4. The number of carbonyl (C=O) groups is 1. The fourth-order valence-corrected chi connectivity index (χ4v) is 1.01. The number of hydrogen-bond acceptors (Lipinski definition) is 7. The van der Waals surface area contributed by atoms with Crippen molar-refractivity contribution in [1.82, 2.24) is 0 Å². The molecule has 0 heterocycles. The number of nitrogens with two attached hydrogens (primary N) is 1. The van der Waals surface area contributed by atoms with Crippen molar-refractivity contribution in [3.63, 3.8) is 0 Å². The summed E-state index contributed by atoms with van der Waals surface area (Å²) in [5.74, 6) is 0. The molecule has 0 radical (unpaired) electrons. The van der Waals surface area contributed by atoms with Crippen LogP contribution >= 0.6 is 0 Å². The average Bonchev–Trinajstić information content (AvgIpc) is 2.27. The van der Waals surface area contributed by atoms with Gasteiger partial charge in [-0.05, 0) is 6.92 Å². The molecule has 0 aliphatic rings. The fraction of sp³-hybridized carbons (Fsp3) is 0.889. The van der Waals surface area contributed by atoms with Gasteiger partial charge in [0.2, 0.25) is 0 Å². The lowest BCUT2D eigenvalue weighted by Gasteiger charge is -2.26. The van der Waals surface area contributed by atoms with E-state index in [2.05, 4.69) is 0 Å². The summed E-state index contributed by atoms with van der Waals surface area (Å²) in [6.45, 7) is 0.951. The van der Waals surface area contributed by atoms with Crippen LogP contribution in [0, 0.1) is 0 Å². The zero-order valence-electron chi connectivity index (χ0n) is 9.06. The van der Waals surface area contributed by atoms with E-state index in [0.29, 0.717) is 6.29 Å². The van der Waals surface area contributed by atoms with Gasteiger partial charge < -0.3 is 35.7 Å². The molecule has 0 saturated carbocycles. The lowest BCUT2D eigenvalue weighted by atomic mass is 10.0. The number of hydrogen-bond donors (Lipinski definition) is 5. The summed E-state index contributed by atoms with van der Waals surface area (Å²) in [6, 6.07) is -0.324. The summed E-state index contributed by atoms with van der Waals surface area (Å²) in [5, 5.41) is 36.4. The van der Waals surface area contributed by atoms with Crippen molar-refractivity contribution in [1.29, 1.82) is 0 Å². The Labute approximate surface area is 93.5 Å². The SMILES string of the molecule is CC(N)CO[C@@H](C=O)[C@@H](O)[C@H](O)[C@H](O)CO. The molecular weight excluding hydrogens is 218 g/mol. The molecule has 0 rings (SSSR count). The third-order valence-electron chi connectivity index (χ3n) is 1.95. The van der Waals surface area contributed by atoms with E-state index in [1.54, 1.807) is 6.92 Å². The lowest BCUT2D eigenvalue weighted by molar-refractivity contribution is -0.146. The Morgan fingerprint density at radius 3 is 2.25 bits per heavy atom. The van der Waals surface area contributed by atoms with Crippen molar-refractivity contribution in [3.8, 4) is 0 Å². The van der Waals surface area contributed by atoms with Crippen LogP contribution in [0.25, 0.3) is 0 Å². The van der Waals surface area contributed by atoms with Crippen LogP contribution in [0.5, 0.6) is 0 Å². The molecule has 0 aliphatic carbocycles. The number of aliphatic hydroxyl groups excluding tert-OH is 4. The van der Waals surface area contributed by atoms with Crippen molar-refractivity contribution in [2.24, 2.45) is 5.73 Å². The Morgan fingerprint density at radius 2 is 1.88 bits per heavy atom. The van der Waals surface area contributed by atoms with Crippen LogP contribution in [0.3, 0.4) is 0 Å². The molecule has 0 aromatic rings. The molecule has 0 saturated heterocycles. The number of aliphatic hydroxyl groups is 4. The highest BCUT2D eigenvalue weighted by Gasteiger charge is 2.31. The minimum Gasteiger partial charge on any atom is -0.394 e. The minimum absolute atomic E-state index is 0.0302. The summed E-state index contributed by atoms with van der Waals surface area (Å²) in [4.78, 5) is 10.6. The molecule has 0 aromatic heterocycles. The van der Waals surface area contributed by atoms with Gasteiger partial charge in [-0.1, -0.05) is 0 Å². The standard InChI is InChI=1S/C9H19NO6/c1-5(10)4-16-7(3-12)9(15)8(14)6(13)2-11/h3,5-9,11,13-15H,2,4,10H2,1H3/t5?,6-,7+,8-,9-/m1/s1. The van der Waals surface area contributed by atoms with E-state index < -0.39 is 31.0 Å². The predicted molar refractivity (Wildman–Crippen MR) is 54.6 cm³/mol. The fourth-order valence-electron chi connectivity index (χ4n) is 1.01. The van der Waals surface area contributed by atoms with Gasteiger partial charge in [0.1, 0.15) is 24.4 Å². The molecule has 1 unspecified atom stereocenters. The Morgan fingerprint density at radius 1 is 1.31 bits per heavy atom. The van der Waals surface area contributed by atoms with Gasteiger partial charge >= 0.3 is 0 Å². The van der Waals surface area contributed by atoms with Crippen LogP contribution < -0.4 is 5.73 Å². The van der Waals surface area contributed by atoms with E-state index in [0.717, 1.165) is 0 Å². The molecule has 0 aliphatic heterocycles. The monoisotopic (exact) mass is 237 g/mol. The molecule has 5 atom stereocenters. The molecular formula is C9H19NO6. The molecule has 6 N–H and O–H groups in total. The topological polar surface area (TPSA) is 133 Å². The van der Waals surface area contributed by atoms with Crippen LogP contribution in [-0.2, 0) is 9.53 Å². The average molecular weight is 237 g/mol. The largest absolute Gasteiger partial charge is 0.394 e. The Bertz CT molecular complexity index is 200. The summed E-state index contributed by atoms with van der Waals surface area (Å²) >= 11 is 0. The lowest BCUT2D eigenvalue weighted by Crippen LogP contribution is -2.48. The van der Waals surface area contributed by atoms with E-state index >= 15 is 0 Å². The highest BCUT2D eigenvalue weighted by molar-refractivity contribution is 5.57. The second-order valence-corrected chi connectivity index (χ2v) is 3.64. The first-order chi connectivity index (χ1) is 7.43. The van der Waals surface area contributed by atoms with Crippen LogP contribution in [0.4, 0.5) is 0 Å². The molecule has 0 spiro atoms. The van der Waals surface area contributed by atoms with Gasteiger partial charge in [0.25, 0.3) is 0 Å². The molecule has 7 heteroatoms. The zero-order chi connectivity index (χ0) is 12.7. The Balaban J connectivity index is 4.28. The number of carbonyl (C=O) groups excluding carboxylic acids is 1. The summed E-state index contributed by atoms with van der Waals surface area (Å²) in [5.41, 5.74) is 5.38. The van der Waals surface area contributed by atoms with Gasteiger partial charge in [0.05, 0.1) is 13.2 Å². The summed E-state index contributed by atoms with van der Waals surface area (Å²) in [6.07, 6.45) is -5.79. The van der Waals surface area contributed by atoms with Gasteiger partial charge in [0.15, 0.2) is 6.29 Å². The zero-order valence-corrected chi connectivity index (χ0v) is 9.06. The van der Waals surface area contributed by atoms with Gasteiger partial charge in [-0.3, -0.25) is 0 Å². The Kier molecular flexibility index (Phi) is 7.39. The Hall–Kier alpha value is -0.570. The van der Waals surface area contributed by atoms with Crippen molar-refractivity contribution >= 4 is 6.29 Å². The van der Waals surface area contributed by atoms with E-state index in [9.17, 15) is 15.0 Å². The second-order valence-electron chi connectivity index (χ2n) is 3.64. The molecule has 0 fully saturated rings. The van der Waals surface area contributed by atoms with E-state index in [1.165, 1.54) is 0 Å². The molecule has 7 nitrogen and oxygen atoms in total. The van der Waals surface area contributed by atoms with Gasteiger partial charge in [-0.2, -0.15) is 0 Å². The highest BCUT2D eigenvalue weighted by Crippen LogP contribution is 2.07. The minimum atomic E-state index is -1.66. The number of ether oxygens (including phenoxy) is 1. The van der Waals surface area contributed by atoms with E-state index in [-0.39, 0.29) is 12.6 Å². The highest BCUT2D eigenvalue weighted by atomic mass is 16.5. The van der Waals surface area contributed by atoms with Crippen molar-refractivity contribution in [2.45, 2.75) is 37.4 Å². The quantitative estimate of drug-likeness (QED) is 0.284. The number of rotatable bonds is 8. The predicted octanol–water partition coefficient (Wildman–Crippen LogP) is -3.01. The van der Waals surface area contributed by atoms with Crippen molar-refractivity contribution in [3.05, 3.63) is 0 Å². The van der Waals surface area contributed by atoms with Crippen molar-refractivity contribution < 1.29 is 30.0 Å². The summed E-state index contributed by atoms with van der Waals surface area (Å²) < 4.78 is 4.93. The van der Waals surface area contributed by atoms with Crippen LogP contribution in [0.15, 0.2) is 0 Å². The van der Waals surface area contributed by atoms with Crippen LogP contribution in [0.2, 0.25) is 0 Å². The van der Waals surface area contributed by atoms with E-state index in [4.69, 9.17) is 20.7 Å². The first-order valence-corrected chi connectivity index (χ1v) is 4.91. The third-order valence-corrected chi connectivity index (χ3v) is 1.95. The van der Waals surface area contributed by atoms with Gasteiger partial charge in [-0.15, -0.1) is 0 Å². The smallest absolute Gasteiger partial charge is 0.151 e. The van der Waals surface area contributed by atoms with Gasteiger partial charge in [-0.25, -0.2) is 0 Å². The molecule has 16 heavy (non-hydrogen) atoms. The molecule has 0 amide bonds. The maximum absolute atomic E-state index is 10.6. The normalized spacial score (nSPS) is 20.9. The summed E-state index contributed by atoms with van der Waals surface area (Å²) in [7, 11) is 0. The van der Waals surface area contributed by atoms with Gasteiger partial charge in [0, 0.05) is 6.04 Å². The van der Waals surface area contributed by atoms with Crippen molar-refractivity contribution in [2.75, 3.05) is 13.2 Å². The third kappa shape index (κ3) is 4.97. The van der Waals surface area contributed by atoms with Crippen LogP contribution in [0.1, 0.15) is 6.92 Å². The van der Waals surface area contributed by atoms with E-state index in [1.807, 2.05) is 0 Å². The first-order valence-electron chi connectivity index (χ1n) is 4.91. The molecule has 96 valence electrons. The molecule has 0 bridgehead atoms. The molecule has 0 aromatic carbocycles. The maximum Gasteiger partial charge on any atom is 0.151 e. The second kappa shape index (κ2) is 7.66.